The van der Waals surface area contributed by atoms with Gasteiger partial charge in [-0.05, 0) is 72.9 Å². The predicted molar refractivity (Wildman–Crippen MR) is 129 cm³/mol. The topological polar surface area (TPSA) is 41.3 Å². The third kappa shape index (κ3) is 4.19. The van der Waals surface area contributed by atoms with E-state index in [1.807, 2.05) is 72.8 Å². The molecule has 3 heterocycles. The normalized spacial score (nSPS) is 18.2. The highest BCUT2D eigenvalue weighted by molar-refractivity contribution is 7.99. The summed E-state index contributed by atoms with van der Waals surface area (Å²) in [5, 5.41) is 5.57. The summed E-state index contributed by atoms with van der Waals surface area (Å²) in [4.78, 5) is 7.77. The second kappa shape index (κ2) is 8.75. The van der Waals surface area contributed by atoms with Crippen LogP contribution >= 0.6 is 35.6 Å². The number of nitrogens with one attached hydrogen (secondary N) is 1. The Morgan fingerprint density at radius 3 is 2.45 bits per heavy atom. The zero-order valence-electron chi connectivity index (χ0n) is 16.3. The third-order valence-corrected chi connectivity index (χ3v) is 6.55. The molecule has 2 unspecified atom stereocenters. The molecule has 1 aliphatic rings. The SMILES string of the molecule is S=C1NC(c2ccccn2)C(c2ccc(Sc3ccccc3)o2)N1c1ccc(Cl)cc1. The minimum absolute atomic E-state index is 0.148. The Balaban J connectivity index is 1.53. The Morgan fingerprint density at radius 2 is 1.71 bits per heavy atom. The molecule has 0 bridgehead atoms. The zero-order chi connectivity index (χ0) is 21.2. The minimum Gasteiger partial charge on any atom is -0.452 e. The number of nitrogens with zero attached hydrogens (tertiary/aromatic N) is 2. The van der Waals surface area contributed by atoms with Gasteiger partial charge in [0.1, 0.15) is 11.8 Å². The Labute approximate surface area is 195 Å². The van der Waals surface area contributed by atoms with Crippen LogP contribution in [-0.4, -0.2) is 10.1 Å². The van der Waals surface area contributed by atoms with Crippen molar-refractivity contribution in [3.05, 3.63) is 108 Å². The van der Waals surface area contributed by atoms with Gasteiger partial charge in [0.05, 0.1) is 11.7 Å². The van der Waals surface area contributed by atoms with Crippen LogP contribution in [0, 0.1) is 0 Å². The maximum Gasteiger partial charge on any atom is 0.174 e. The van der Waals surface area contributed by atoms with Gasteiger partial charge in [-0.3, -0.25) is 4.98 Å². The average Bonchev–Trinajstić information content (AvgIpc) is 3.40. The molecule has 0 amide bonds. The fourth-order valence-electron chi connectivity index (χ4n) is 3.68. The number of rotatable bonds is 5. The van der Waals surface area contributed by atoms with Gasteiger partial charge in [0, 0.05) is 21.8 Å². The number of aromatic nitrogens is 1. The molecule has 31 heavy (non-hydrogen) atoms. The first-order valence-corrected chi connectivity index (χ1v) is 11.4. The molecule has 4 aromatic rings. The summed E-state index contributed by atoms with van der Waals surface area (Å²) in [6, 6.07) is 27.4. The van der Waals surface area contributed by atoms with E-state index in [2.05, 4.69) is 27.3 Å². The Bertz CT molecular complexity index is 1180. The number of pyridine rings is 1. The maximum atomic E-state index is 6.31. The number of hydrogen-bond donors (Lipinski definition) is 1. The van der Waals surface area contributed by atoms with E-state index in [1.165, 1.54) is 0 Å². The monoisotopic (exact) mass is 463 g/mol. The summed E-state index contributed by atoms with van der Waals surface area (Å²) in [5.74, 6) is 0.816. The van der Waals surface area contributed by atoms with E-state index in [0.717, 1.165) is 27.1 Å². The van der Waals surface area contributed by atoms with Crippen molar-refractivity contribution in [3.8, 4) is 0 Å². The summed E-state index contributed by atoms with van der Waals surface area (Å²) >= 11 is 13.4. The van der Waals surface area contributed by atoms with Crippen LogP contribution in [0.15, 0.2) is 106 Å². The van der Waals surface area contributed by atoms with Gasteiger partial charge in [-0.1, -0.05) is 47.6 Å². The van der Waals surface area contributed by atoms with E-state index in [4.69, 9.17) is 28.2 Å². The first-order chi connectivity index (χ1) is 15.2. The van der Waals surface area contributed by atoms with Crippen LogP contribution in [0.3, 0.4) is 0 Å². The highest BCUT2D eigenvalue weighted by atomic mass is 35.5. The molecule has 2 aromatic heterocycles. The van der Waals surface area contributed by atoms with Crippen LogP contribution in [0.25, 0.3) is 0 Å². The first-order valence-electron chi connectivity index (χ1n) is 9.78. The third-order valence-electron chi connectivity index (χ3n) is 5.06. The molecular weight excluding hydrogens is 446 g/mol. The number of halogens is 1. The van der Waals surface area contributed by atoms with Crippen molar-refractivity contribution < 1.29 is 4.42 Å². The van der Waals surface area contributed by atoms with E-state index >= 15 is 0 Å². The van der Waals surface area contributed by atoms with Crippen LogP contribution in [-0.2, 0) is 0 Å². The molecule has 154 valence electrons. The minimum atomic E-state index is -0.186. The molecule has 4 nitrogen and oxygen atoms in total. The first kappa shape index (κ1) is 20.1. The number of furan rings is 1. The molecule has 0 radical (unpaired) electrons. The molecule has 1 aliphatic heterocycles. The Kier molecular flexibility index (Phi) is 5.68. The molecule has 2 atom stereocenters. The second-order valence-corrected chi connectivity index (χ2v) is 8.95. The summed E-state index contributed by atoms with van der Waals surface area (Å²) in [5.41, 5.74) is 1.85. The maximum absolute atomic E-state index is 6.31. The lowest BCUT2D eigenvalue weighted by Gasteiger charge is -2.26. The van der Waals surface area contributed by atoms with Crippen molar-refractivity contribution in [2.75, 3.05) is 4.90 Å². The molecule has 0 saturated carbocycles. The second-order valence-electron chi connectivity index (χ2n) is 7.04. The molecule has 0 spiro atoms. The van der Waals surface area contributed by atoms with Crippen molar-refractivity contribution in [1.29, 1.82) is 0 Å². The number of hydrogen-bond acceptors (Lipinski definition) is 4. The zero-order valence-corrected chi connectivity index (χ0v) is 18.7. The quantitative estimate of drug-likeness (QED) is 0.334. The van der Waals surface area contributed by atoms with Crippen LogP contribution in [0.1, 0.15) is 23.5 Å². The lowest BCUT2D eigenvalue weighted by atomic mass is 10.0. The molecular formula is C24H18ClN3OS2. The Hall–Kier alpha value is -2.80. The summed E-state index contributed by atoms with van der Waals surface area (Å²) in [6.45, 7) is 0. The number of anilines is 1. The predicted octanol–water partition coefficient (Wildman–Crippen LogP) is 6.66. The fourth-order valence-corrected chi connectivity index (χ4v) is 4.95. The molecule has 2 aromatic carbocycles. The number of benzene rings is 2. The lowest BCUT2D eigenvalue weighted by Crippen LogP contribution is -2.29. The summed E-state index contributed by atoms with van der Waals surface area (Å²) < 4.78 is 6.31. The molecule has 1 N–H and O–H groups in total. The van der Waals surface area contributed by atoms with E-state index in [1.54, 1.807) is 18.0 Å². The molecule has 1 fully saturated rings. The fraction of sp³-hybridized carbons (Fsp3) is 0.0833. The number of thiocarbonyl (C=S) groups is 1. The summed E-state index contributed by atoms with van der Waals surface area (Å²) in [6.07, 6.45) is 1.79. The van der Waals surface area contributed by atoms with E-state index in [0.29, 0.717) is 10.1 Å². The van der Waals surface area contributed by atoms with Gasteiger partial charge < -0.3 is 14.6 Å². The molecule has 7 heteroatoms. The van der Waals surface area contributed by atoms with Gasteiger partial charge in [-0.25, -0.2) is 0 Å². The Morgan fingerprint density at radius 1 is 0.935 bits per heavy atom. The lowest BCUT2D eigenvalue weighted by molar-refractivity contribution is 0.383. The van der Waals surface area contributed by atoms with Crippen LogP contribution in [0.2, 0.25) is 5.02 Å². The molecule has 0 aliphatic carbocycles. The van der Waals surface area contributed by atoms with E-state index < -0.39 is 0 Å². The van der Waals surface area contributed by atoms with Crippen molar-refractivity contribution in [2.45, 2.75) is 22.1 Å². The molecule has 5 rings (SSSR count). The smallest absolute Gasteiger partial charge is 0.174 e. The summed E-state index contributed by atoms with van der Waals surface area (Å²) in [7, 11) is 0. The van der Waals surface area contributed by atoms with Gasteiger partial charge >= 0.3 is 0 Å². The van der Waals surface area contributed by atoms with Gasteiger partial charge in [0.25, 0.3) is 0 Å². The largest absolute Gasteiger partial charge is 0.452 e. The standard InChI is InChI=1S/C24H18ClN3OS2/c25-16-9-11-17(12-10-16)28-23(22(27-24(28)30)19-8-4-5-15-26-19)20-13-14-21(29-20)31-18-6-2-1-3-7-18/h1-15,22-23H,(H,27,30). The average molecular weight is 464 g/mol. The van der Waals surface area contributed by atoms with Crippen molar-refractivity contribution in [2.24, 2.45) is 0 Å². The molecule has 1 saturated heterocycles. The highest BCUT2D eigenvalue weighted by Gasteiger charge is 2.42. The van der Waals surface area contributed by atoms with Crippen LogP contribution in [0.5, 0.6) is 0 Å². The van der Waals surface area contributed by atoms with Gasteiger partial charge in [-0.15, -0.1) is 0 Å². The van der Waals surface area contributed by atoms with Crippen molar-refractivity contribution >= 4 is 46.4 Å². The van der Waals surface area contributed by atoms with Crippen molar-refractivity contribution in [1.82, 2.24) is 10.3 Å². The van der Waals surface area contributed by atoms with Crippen molar-refractivity contribution in [3.63, 3.8) is 0 Å². The van der Waals surface area contributed by atoms with E-state index in [-0.39, 0.29) is 12.1 Å². The van der Waals surface area contributed by atoms with Gasteiger partial charge in [-0.2, -0.15) is 0 Å². The van der Waals surface area contributed by atoms with Crippen LogP contribution in [0.4, 0.5) is 5.69 Å². The van der Waals surface area contributed by atoms with Crippen LogP contribution < -0.4 is 10.2 Å². The van der Waals surface area contributed by atoms with Gasteiger partial charge in [0.2, 0.25) is 0 Å². The highest BCUT2D eigenvalue weighted by Crippen LogP contribution is 2.43. The van der Waals surface area contributed by atoms with Gasteiger partial charge in [0.15, 0.2) is 10.2 Å². The van der Waals surface area contributed by atoms with E-state index in [9.17, 15) is 0 Å².